The Morgan fingerprint density at radius 2 is 2.08 bits per heavy atom. The predicted octanol–water partition coefficient (Wildman–Crippen LogP) is 1.60. The second-order valence-corrected chi connectivity index (χ2v) is 3.39. The SMILES string of the molecule is CC(N)(C(=O)O)c1ccccc1Cl. The minimum Gasteiger partial charge on any atom is -0.480 e. The van der Waals surface area contributed by atoms with Gasteiger partial charge >= 0.3 is 5.97 Å². The number of benzene rings is 1. The van der Waals surface area contributed by atoms with E-state index in [2.05, 4.69) is 0 Å². The first-order valence-corrected chi connectivity index (χ1v) is 4.11. The minimum atomic E-state index is -1.43. The summed E-state index contributed by atoms with van der Waals surface area (Å²) in [6, 6.07) is 6.65. The Bertz CT molecular complexity index is 336. The highest BCUT2D eigenvalue weighted by molar-refractivity contribution is 6.31. The topological polar surface area (TPSA) is 63.3 Å². The van der Waals surface area contributed by atoms with Gasteiger partial charge in [0.05, 0.1) is 0 Å². The Morgan fingerprint density at radius 1 is 1.54 bits per heavy atom. The molecule has 3 nitrogen and oxygen atoms in total. The van der Waals surface area contributed by atoms with E-state index < -0.39 is 11.5 Å². The predicted molar refractivity (Wildman–Crippen MR) is 50.6 cm³/mol. The van der Waals surface area contributed by atoms with E-state index >= 15 is 0 Å². The third-order valence-electron chi connectivity index (χ3n) is 1.88. The summed E-state index contributed by atoms with van der Waals surface area (Å²) in [7, 11) is 0. The Hall–Kier alpha value is -1.06. The molecular weight excluding hydrogens is 190 g/mol. The molecule has 0 fully saturated rings. The first-order valence-electron chi connectivity index (χ1n) is 3.73. The van der Waals surface area contributed by atoms with E-state index in [4.69, 9.17) is 22.4 Å². The molecule has 0 saturated heterocycles. The van der Waals surface area contributed by atoms with E-state index in [9.17, 15) is 4.79 Å². The summed E-state index contributed by atoms with van der Waals surface area (Å²) < 4.78 is 0. The van der Waals surface area contributed by atoms with Crippen LogP contribution in [0, 0.1) is 0 Å². The van der Waals surface area contributed by atoms with Gasteiger partial charge in [-0.25, -0.2) is 4.79 Å². The molecule has 1 unspecified atom stereocenters. The summed E-state index contributed by atoms with van der Waals surface area (Å²) in [4.78, 5) is 10.8. The molecule has 0 aliphatic rings. The van der Waals surface area contributed by atoms with Gasteiger partial charge in [0, 0.05) is 10.6 Å². The standard InChI is InChI=1S/C9H10ClNO2/c1-9(11,8(12)13)6-4-2-3-5-7(6)10/h2-5H,11H2,1H3,(H,12,13). The van der Waals surface area contributed by atoms with Crippen LogP contribution in [-0.2, 0) is 10.3 Å². The molecule has 3 N–H and O–H groups in total. The fourth-order valence-electron chi connectivity index (χ4n) is 0.998. The van der Waals surface area contributed by atoms with Crippen molar-refractivity contribution in [1.29, 1.82) is 0 Å². The van der Waals surface area contributed by atoms with E-state index in [0.717, 1.165) is 0 Å². The highest BCUT2D eigenvalue weighted by atomic mass is 35.5. The largest absolute Gasteiger partial charge is 0.480 e. The normalized spacial score (nSPS) is 15.0. The van der Waals surface area contributed by atoms with Crippen molar-refractivity contribution in [3.63, 3.8) is 0 Å². The van der Waals surface area contributed by atoms with Crippen LogP contribution in [0.15, 0.2) is 24.3 Å². The molecule has 0 spiro atoms. The maximum absolute atomic E-state index is 10.8. The van der Waals surface area contributed by atoms with Crippen LogP contribution in [0.2, 0.25) is 5.02 Å². The maximum atomic E-state index is 10.8. The summed E-state index contributed by atoms with van der Waals surface area (Å²) in [6.45, 7) is 1.41. The summed E-state index contributed by atoms with van der Waals surface area (Å²) in [5, 5.41) is 9.21. The monoisotopic (exact) mass is 199 g/mol. The number of hydrogen-bond donors (Lipinski definition) is 2. The Balaban J connectivity index is 3.22. The van der Waals surface area contributed by atoms with E-state index in [0.29, 0.717) is 10.6 Å². The van der Waals surface area contributed by atoms with E-state index in [-0.39, 0.29) is 0 Å². The van der Waals surface area contributed by atoms with Gasteiger partial charge in [0.25, 0.3) is 0 Å². The smallest absolute Gasteiger partial charge is 0.328 e. The highest BCUT2D eigenvalue weighted by Gasteiger charge is 2.31. The molecule has 0 bridgehead atoms. The third-order valence-corrected chi connectivity index (χ3v) is 2.21. The summed E-state index contributed by atoms with van der Waals surface area (Å²) >= 11 is 5.81. The molecule has 1 aromatic rings. The van der Waals surface area contributed by atoms with Crippen LogP contribution in [0.1, 0.15) is 12.5 Å². The maximum Gasteiger partial charge on any atom is 0.328 e. The molecule has 4 heteroatoms. The Morgan fingerprint density at radius 3 is 2.54 bits per heavy atom. The molecule has 0 aliphatic carbocycles. The van der Waals surface area contributed by atoms with Crippen LogP contribution in [0.4, 0.5) is 0 Å². The van der Waals surface area contributed by atoms with Crippen LogP contribution in [0.5, 0.6) is 0 Å². The first kappa shape index (κ1) is 10.0. The number of carboxylic acids is 1. The van der Waals surface area contributed by atoms with Crippen LogP contribution < -0.4 is 5.73 Å². The van der Waals surface area contributed by atoms with Gasteiger partial charge in [-0.2, -0.15) is 0 Å². The van der Waals surface area contributed by atoms with Gasteiger partial charge in [-0.3, -0.25) is 0 Å². The average molecular weight is 200 g/mol. The average Bonchev–Trinajstić information content (AvgIpc) is 2.04. The molecule has 0 aromatic heterocycles. The van der Waals surface area contributed by atoms with E-state index in [1.807, 2.05) is 0 Å². The van der Waals surface area contributed by atoms with Crippen molar-refractivity contribution in [2.75, 3.05) is 0 Å². The molecule has 1 atom stereocenters. The van der Waals surface area contributed by atoms with Crippen LogP contribution in [0.3, 0.4) is 0 Å². The van der Waals surface area contributed by atoms with Crippen molar-refractivity contribution in [3.8, 4) is 0 Å². The summed E-state index contributed by atoms with van der Waals surface area (Å²) in [5.74, 6) is -1.10. The van der Waals surface area contributed by atoms with Crippen LogP contribution >= 0.6 is 11.6 Å². The van der Waals surface area contributed by atoms with Gasteiger partial charge in [-0.15, -0.1) is 0 Å². The number of carbonyl (C=O) groups is 1. The number of rotatable bonds is 2. The van der Waals surface area contributed by atoms with Crippen LogP contribution in [0.25, 0.3) is 0 Å². The number of nitrogens with two attached hydrogens (primary N) is 1. The lowest BCUT2D eigenvalue weighted by Crippen LogP contribution is -2.41. The van der Waals surface area contributed by atoms with E-state index in [1.165, 1.54) is 6.92 Å². The van der Waals surface area contributed by atoms with Gasteiger partial charge in [0.2, 0.25) is 0 Å². The van der Waals surface area contributed by atoms with Gasteiger partial charge in [0.1, 0.15) is 5.54 Å². The lowest BCUT2D eigenvalue weighted by atomic mass is 9.93. The van der Waals surface area contributed by atoms with Crippen molar-refractivity contribution in [3.05, 3.63) is 34.9 Å². The zero-order valence-electron chi connectivity index (χ0n) is 7.12. The highest BCUT2D eigenvalue weighted by Crippen LogP contribution is 2.25. The lowest BCUT2D eigenvalue weighted by Gasteiger charge is -2.20. The second kappa shape index (κ2) is 3.36. The number of halogens is 1. The first-order chi connectivity index (χ1) is 5.96. The van der Waals surface area contributed by atoms with Crippen molar-refractivity contribution in [1.82, 2.24) is 0 Å². The summed E-state index contributed by atoms with van der Waals surface area (Å²) in [5.41, 5.74) is 4.59. The third kappa shape index (κ3) is 1.82. The van der Waals surface area contributed by atoms with Crippen LogP contribution in [-0.4, -0.2) is 11.1 Å². The number of carboxylic acid groups (broad SMARTS) is 1. The molecule has 70 valence electrons. The number of aliphatic carboxylic acids is 1. The molecule has 0 amide bonds. The molecule has 1 rings (SSSR count). The van der Waals surface area contributed by atoms with Crippen molar-refractivity contribution in [2.24, 2.45) is 5.73 Å². The Kier molecular flexibility index (Phi) is 2.59. The number of hydrogen-bond acceptors (Lipinski definition) is 2. The zero-order chi connectivity index (χ0) is 10.1. The molecule has 0 saturated carbocycles. The Labute approximate surface area is 81.1 Å². The molecule has 13 heavy (non-hydrogen) atoms. The van der Waals surface area contributed by atoms with E-state index in [1.54, 1.807) is 24.3 Å². The molecule has 0 heterocycles. The van der Waals surface area contributed by atoms with Crippen molar-refractivity contribution < 1.29 is 9.90 Å². The fraction of sp³-hybridized carbons (Fsp3) is 0.222. The van der Waals surface area contributed by atoms with Gasteiger partial charge < -0.3 is 10.8 Å². The minimum absolute atomic E-state index is 0.370. The summed E-state index contributed by atoms with van der Waals surface area (Å²) in [6.07, 6.45) is 0. The fourth-order valence-corrected chi connectivity index (χ4v) is 1.33. The molecule has 1 aromatic carbocycles. The second-order valence-electron chi connectivity index (χ2n) is 2.99. The van der Waals surface area contributed by atoms with Gasteiger partial charge in [-0.05, 0) is 13.0 Å². The lowest BCUT2D eigenvalue weighted by molar-refractivity contribution is -0.143. The van der Waals surface area contributed by atoms with Gasteiger partial charge in [0.15, 0.2) is 0 Å². The molecular formula is C9H10ClNO2. The molecule has 0 radical (unpaired) electrons. The zero-order valence-corrected chi connectivity index (χ0v) is 7.88. The van der Waals surface area contributed by atoms with Gasteiger partial charge in [-0.1, -0.05) is 29.8 Å². The van der Waals surface area contributed by atoms with Crippen molar-refractivity contribution in [2.45, 2.75) is 12.5 Å². The molecule has 0 aliphatic heterocycles. The quantitative estimate of drug-likeness (QED) is 0.761. The van der Waals surface area contributed by atoms with Crippen molar-refractivity contribution >= 4 is 17.6 Å².